The maximum Gasteiger partial charge on any atom is 0.232 e. The van der Waals surface area contributed by atoms with Crippen molar-refractivity contribution in [2.45, 2.75) is 18.6 Å². The molecule has 1 unspecified atom stereocenters. The van der Waals surface area contributed by atoms with Crippen molar-refractivity contribution in [2.75, 3.05) is 12.3 Å². The molecule has 0 radical (unpaired) electrons. The third-order valence-electron chi connectivity index (χ3n) is 2.82. The number of benzene rings is 1. The van der Waals surface area contributed by atoms with Gasteiger partial charge in [-0.1, -0.05) is 12.1 Å². The fourth-order valence-corrected chi connectivity index (χ4v) is 2.66. The van der Waals surface area contributed by atoms with Gasteiger partial charge in [0.1, 0.15) is 11.6 Å². The van der Waals surface area contributed by atoms with E-state index in [1.165, 1.54) is 25.0 Å². The molecule has 1 aliphatic carbocycles. The minimum atomic E-state index is -1.24. The molecule has 5 heteroatoms. The maximum absolute atomic E-state index is 12.7. The molecule has 1 aliphatic rings. The van der Waals surface area contributed by atoms with Crippen molar-refractivity contribution in [1.82, 2.24) is 5.32 Å². The predicted molar refractivity (Wildman–Crippen MR) is 68.8 cm³/mol. The molecule has 0 bridgehead atoms. The van der Waals surface area contributed by atoms with Crippen molar-refractivity contribution < 1.29 is 13.4 Å². The zero-order chi connectivity index (χ0) is 13.0. The first kappa shape index (κ1) is 13.2. The minimum Gasteiger partial charge on any atom is -0.355 e. The molecule has 1 aromatic carbocycles. The molecule has 1 saturated carbocycles. The van der Waals surface area contributed by atoms with Gasteiger partial charge in [-0.15, -0.1) is 0 Å². The van der Waals surface area contributed by atoms with Gasteiger partial charge < -0.3 is 5.32 Å². The summed E-state index contributed by atoms with van der Waals surface area (Å²) in [5, 5.41) is 2.78. The summed E-state index contributed by atoms with van der Waals surface area (Å²) in [6.07, 6.45) is 2.36. The Morgan fingerprint density at radius 1 is 1.33 bits per heavy atom. The van der Waals surface area contributed by atoms with Gasteiger partial charge >= 0.3 is 0 Å². The van der Waals surface area contributed by atoms with Crippen LogP contribution in [-0.2, 0) is 21.3 Å². The van der Waals surface area contributed by atoms with Crippen LogP contribution < -0.4 is 5.32 Å². The molecule has 1 amide bonds. The van der Waals surface area contributed by atoms with Gasteiger partial charge in [-0.25, -0.2) is 4.39 Å². The number of halogens is 1. The van der Waals surface area contributed by atoms with Gasteiger partial charge in [-0.05, 0) is 36.5 Å². The summed E-state index contributed by atoms with van der Waals surface area (Å²) in [6.45, 7) is 0.701. The van der Waals surface area contributed by atoms with Gasteiger partial charge in [-0.2, -0.15) is 0 Å². The van der Waals surface area contributed by atoms with Crippen LogP contribution in [0.15, 0.2) is 24.3 Å². The number of carbonyl (C=O) groups excluding carboxylic acids is 1. The molecule has 2 rings (SSSR count). The van der Waals surface area contributed by atoms with Crippen LogP contribution in [0.4, 0.5) is 4.39 Å². The van der Waals surface area contributed by atoms with E-state index in [1.807, 2.05) is 0 Å². The molecule has 0 heterocycles. The maximum atomic E-state index is 12.7. The Kier molecular flexibility index (Phi) is 4.47. The Labute approximate surface area is 108 Å². The Hall–Kier alpha value is -1.23. The highest BCUT2D eigenvalue weighted by molar-refractivity contribution is 7.84. The average Bonchev–Trinajstić information content (AvgIpc) is 3.13. The zero-order valence-electron chi connectivity index (χ0n) is 10.0. The van der Waals surface area contributed by atoms with Crippen LogP contribution in [0.3, 0.4) is 0 Å². The van der Waals surface area contributed by atoms with E-state index in [0.29, 0.717) is 12.5 Å². The molecule has 1 atom stereocenters. The summed E-state index contributed by atoms with van der Waals surface area (Å²) >= 11 is 0. The Bertz CT molecular complexity index is 443. The van der Waals surface area contributed by atoms with E-state index in [-0.39, 0.29) is 23.2 Å². The van der Waals surface area contributed by atoms with Gasteiger partial charge in [0, 0.05) is 23.1 Å². The van der Waals surface area contributed by atoms with E-state index in [1.54, 1.807) is 12.1 Å². The standard InChI is InChI=1S/C13H16FNO2S/c14-12-5-3-11(4-6-12)8-18(17)9-13(16)15-7-10-1-2-10/h3-6,10H,1-2,7-9H2,(H,15,16). The molecular formula is C13H16FNO2S. The van der Waals surface area contributed by atoms with Crippen LogP contribution in [0, 0.1) is 11.7 Å². The number of hydrogen-bond acceptors (Lipinski definition) is 2. The third-order valence-corrected chi connectivity index (χ3v) is 4.06. The lowest BCUT2D eigenvalue weighted by Crippen LogP contribution is -2.30. The van der Waals surface area contributed by atoms with Gasteiger partial charge in [0.05, 0.1) is 0 Å². The summed E-state index contributed by atoms with van der Waals surface area (Å²) in [5.74, 6) is 0.454. The molecule has 0 aromatic heterocycles. The molecule has 18 heavy (non-hydrogen) atoms. The molecular weight excluding hydrogens is 253 g/mol. The molecule has 1 N–H and O–H groups in total. The van der Waals surface area contributed by atoms with Crippen LogP contribution in [0.1, 0.15) is 18.4 Å². The summed E-state index contributed by atoms with van der Waals surface area (Å²) in [5.41, 5.74) is 0.782. The zero-order valence-corrected chi connectivity index (χ0v) is 10.8. The third kappa shape index (κ3) is 4.56. The van der Waals surface area contributed by atoms with E-state index in [2.05, 4.69) is 5.32 Å². The fraction of sp³-hybridized carbons (Fsp3) is 0.462. The summed E-state index contributed by atoms with van der Waals surface area (Å²) in [4.78, 5) is 11.5. The average molecular weight is 269 g/mol. The Morgan fingerprint density at radius 3 is 2.61 bits per heavy atom. The number of amides is 1. The Morgan fingerprint density at radius 2 is 2.00 bits per heavy atom. The molecule has 0 aliphatic heterocycles. The topological polar surface area (TPSA) is 46.2 Å². The second-order valence-corrected chi connectivity index (χ2v) is 6.06. The summed E-state index contributed by atoms with van der Waals surface area (Å²) in [6, 6.07) is 5.85. The van der Waals surface area contributed by atoms with E-state index >= 15 is 0 Å². The first-order chi connectivity index (χ1) is 8.63. The molecule has 0 spiro atoms. The molecule has 98 valence electrons. The lowest BCUT2D eigenvalue weighted by molar-refractivity contribution is -0.118. The molecule has 0 saturated heterocycles. The van der Waals surface area contributed by atoms with Crippen LogP contribution in [-0.4, -0.2) is 22.4 Å². The quantitative estimate of drug-likeness (QED) is 0.852. The second-order valence-electron chi connectivity index (χ2n) is 4.60. The number of hydrogen-bond donors (Lipinski definition) is 1. The first-order valence-corrected chi connectivity index (χ1v) is 7.48. The van der Waals surface area contributed by atoms with E-state index in [9.17, 15) is 13.4 Å². The van der Waals surface area contributed by atoms with Crippen LogP contribution in [0.25, 0.3) is 0 Å². The summed E-state index contributed by atoms with van der Waals surface area (Å²) in [7, 11) is -1.24. The van der Waals surface area contributed by atoms with Gasteiger partial charge in [-0.3, -0.25) is 9.00 Å². The normalized spacial score (nSPS) is 16.3. The lowest BCUT2D eigenvalue weighted by Gasteiger charge is -2.04. The van der Waals surface area contributed by atoms with Crippen molar-refractivity contribution >= 4 is 16.7 Å². The number of nitrogens with one attached hydrogen (secondary N) is 1. The lowest BCUT2D eigenvalue weighted by atomic mass is 10.2. The molecule has 3 nitrogen and oxygen atoms in total. The highest BCUT2D eigenvalue weighted by Crippen LogP contribution is 2.27. The Balaban J connectivity index is 1.73. The van der Waals surface area contributed by atoms with E-state index < -0.39 is 10.8 Å². The van der Waals surface area contributed by atoms with Gasteiger partial charge in [0.2, 0.25) is 5.91 Å². The number of rotatable bonds is 6. The van der Waals surface area contributed by atoms with Crippen molar-refractivity contribution in [3.05, 3.63) is 35.6 Å². The van der Waals surface area contributed by atoms with Crippen molar-refractivity contribution in [3.63, 3.8) is 0 Å². The van der Waals surface area contributed by atoms with Crippen molar-refractivity contribution in [2.24, 2.45) is 5.92 Å². The molecule has 1 fully saturated rings. The largest absolute Gasteiger partial charge is 0.355 e. The van der Waals surface area contributed by atoms with E-state index in [4.69, 9.17) is 0 Å². The minimum absolute atomic E-state index is 0.0180. The summed E-state index contributed by atoms with van der Waals surface area (Å²) < 4.78 is 24.4. The van der Waals surface area contributed by atoms with Crippen molar-refractivity contribution in [1.29, 1.82) is 0 Å². The van der Waals surface area contributed by atoms with Crippen LogP contribution >= 0.6 is 0 Å². The highest BCUT2D eigenvalue weighted by Gasteiger charge is 2.21. The van der Waals surface area contributed by atoms with Crippen LogP contribution in [0.5, 0.6) is 0 Å². The predicted octanol–water partition coefficient (Wildman–Crippen LogP) is 1.60. The van der Waals surface area contributed by atoms with Crippen LogP contribution in [0.2, 0.25) is 0 Å². The number of carbonyl (C=O) groups is 1. The molecule has 1 aromatic rings. The fourth-order valence-electron chi connectivity index (χ4n) is 1.59. The SMILES string of the molecule is O=C(CS(=O)Cc1ccc(F)cc1)NCC1CC1. The van der Waals surface area contributed by atoms with E-state index in [0.717, 1.165) is 5.56 Å². The van der Waals surface area contributed by atoms with Crippen molar-refractivity contribution in [3.8, 4) is 0 Å². The first-order valence-electron chi connectivity index (χ1n) is 5.99. The highest BCUT2D eigenvalue weighted by atomic mass is 32.2. The van der Waals surface area contributed by atoms with Gasteiger partial charge in [0.15, 0.2) is 0 Å². The smallest absolute Gasteiger partial charge is 0.232 e. The second kappa shape index (κ2) is 6.09. The van der Waals surface area contributed by atoms with Gasteiger partial charge in [0.25, 0.3) is 0 Å². The monoisotopic (exact) mass is 269 g/mol.